The lowest BCUT2D eigenvalue weighted by Crippen LogP contribution is -2.35. The van der Waals surface area contributed by atoms with E-state index in [0.29, 0.717) is 23.7 Å². The Labute approximate surface area is 108 Å². The molecule has 4 nitrogen and oxygen atoms in total. The van der Waals surface area contributed by atoms with Crippen molar-refractivity contribution in [2.45, 2.75) is 26.7 Å². The van der Waals surface area contributed by atoms with Crippen molar-refractivity contribution < 1.29 is 9.90 Å². The maximum Gasteiger partial charge on any atom is 0.227 e. The molecule has 4 heteroatoms. The van der Waals surface area contributed by atoms with Gasteiger partial charge in [-0.1, -0.05) is 32.4 Å². The molecule has 0 aliphatic rings. The van der Waals surface area contributed by atoms with Crippen LogP contribution >= 0.6 is 0 Å². The van der Waals surface area contributed by atoms with Crippen molar-refractivity contribution in [3.63, 3.8) is 0 Å². The van der Waals surface area contributed by atoms with Gasteiger partial charge in [0.05, 0.1) is 18.0 Å². The highest BCUT2D eigenvalue weighted by atomic mass is 16.3. The monoisotopic (exact) mass is 250 g/mol. The zero-order chi connectivity index (χ0) is 13.5. The van der Waals surface area contributed by atoms with Gasteiger partial charge in [-0.25, -0.2) is 0 Å². The lowest BCUT2D eigenvalue weighted by Gasteiger charge is -2.24. The number of nitrogens with two attached hydrogens (primary N) is 1. The van der Waals surface area contributed by atoms with Gasteiger partial charge in [0, 0.05) is 13.0 Å². The third-order valence-electron chi connectivity index (χ3n) is 3.07. The fraction of sp³-hybridized carbons (Fsp3) is 0.500. The number of nitrogen functional groups attached to an aromatic ring is 1. The van der Waals surface area contributed by atoms with Crippen molar-refractivity contribution in [1.29, 1.82) is 0 Å². The Kier molecular flexibility index (Phi) is 5.65. The number of benzene rings is 1. The van der Waals surface area contributed by atoms with E-state index in [9.17, 15) is 4.79 Å². The van der Waals surface area contributed by atoms with Crippen LogP contribution in [0.3, 0.4) is 0 Å². The minimum absolute atomic E-state index is 0.0105. The summed E-state index contributed by atoms with van der Waals surface area (Å²) >= 11 is 0. The average Bonchev–Trinajstić information content (AvgIpc) is 2.36. The van der Waals surface area contributed by atoms with E-state index in [1.807, 2.05) is 19.1 Å². The molecule has 0 aliphatic carbocycles. The van der Waals surface area contributed by atoms with Gasteiger partial charge in [0.1, 0.15) is 0 Å². The van der Waals surface area contributed by atoms with E-state index < -0.39 is 0 Å². The maximum atomic E-state index is 12.2. The van der Waals surface area contributed by atoms with Crippen LogP contribution < -0.4 is 10.6 Å². The number of rotatable bonds is 6. The van der Waals surface area contributed by atoms with Crippen LogP contribution in [0.25, 0.3) is 0 Å². The topological polar surface area (TPSA) is 66.6 Å². The zero-order valence-corrected chi connectivity index (χ0v) is 11.1. The van der Waals surface area contributed by atoms with E-state index >= 15 is 0 Å². The lowest BCUT2D eigenvalue weighted by molar-refractivity contribution is -0.119. The fourth-order valence-corrected chi connectivity index (χ4v) is 1.77. The zero-order valence-electron chi connectivity index (χ0n) is 11.1. The first-order chi connectivity index (χ1) is 8.60. The third kappa shape index (κ3) is 3.74. The van der Waals surface area contributed by atoms with Gasteiger partial charge in [-0.05, 0) is 18.1 Å². The van der Waals surface area contributed by atoms with E-state index in [1.54, 1.807) is 17.0 Å². The average molecular weight is 250 g/mol. The van der Waals surface area contributed by atoms with Crippen molar-refractivity contribution >= 4 is 17.3 Å². The van der Waals surface area contributed by atoms with Crippen LogP contribution in [0.5, 0.6) is 0 Å². The molecule has 1 aromatic carbocycles. The number of amides is 1. The summed E-state index contributed by atoms with van der Waals surface area (Å²) in [5, 5.41) is 9.09. The van der Waals surface area contributed by atoms with E-state index in [2.05, 4.69) is 6.92 Å². The summed E-state index contributed by atoms with van der Waals surface area (Å²) in [6.07, 6.45) is 1.44. The quantitative estimate of drug-likeness (QED) is 0.759. The predicted octanol–water partition coefficient (Wildman–Crippen LogP) is 2.03. The van der Waals surface area contributed by atoms with Crippen molar-refractivity contribution in [3.8, 4) is 0 Å². The third-order valence-corrected chi connectivity index (χ3v) is 3.07. The fourth-order valence-electron chi connectivity index (χ4n) is 1.77. The Hall–Kier alpha value is -1.55. The number of anilines is 2. The molecule has 0 aromatic heterocycles. The van der Waals surface area contributed by atoms with E-state index in [-0.39, 0.29) is 19.1 Å². The van der Waals surface area contributed by atoms with Crippen LogP contribution in [0.1, 0.15) is 26.7 Å². The minimum atomic E-state index is -0.0689. The number of hydrogen-bond acceptors (Lipinski definition) is 3. The van der Waals surface area contributed by atoms with Crippen LogP contribution in [0.15, 0.2) is 24.3 Å². The summed E-state index contributed by atoms with van der Waals surface area (Å²) in [6, 6.07) is 7.23. The van der Waals surface area contributed by atoms with Crippen LogP contribution in [0.4, 0.5) is 11.4 Å². The molecule has 0 heterocycles. The van der Waals surface area contributed by atoms with Gasteiger partial charge >= 0.3 is 0 Å². The number of aliphatic hydroxyl groups excluding tert-OH is 1. The molecule has 1 unspecified atom stereocenters. The highest BCUT2D eigenvalue weighted by Crippen LogP contribution is 2.24. The lowest BCUT2D eigenvalue weighted by atomic mass is 10.0. The SMILES string of the molecule is CCC(C)CC(=O)N(CCO)c1ccccc1N. The number of carbonyl (C=O) groups excluding carboxylic acids is 1. The highest BCUT2D eigenvalue weighted by molar-refractivity contribution is 5.96. The number of nitrogens with zero attached hydrogens (tertiary/aromatic N) is 1. The van der Waals surface area contributed by atoms with Crippen molar-refractivity contribution in [2.24, 2.45) is 5.92 Å². The maximum absolute atomic E-state index is 12.2. The summed E-state index contributed by atoms with van der Waals surface area (Å²) in [4.78, 5) is 13.8. The van der Waals surface area contributed by atoms with Crippen LogP contribution in [0.2, 0.25) is 0 Å². The molecule has 0 aliphatic heterocycles. The Balaban J connectivity index is 2.89. The molecule has 100 valence electrons. The van der Waals surface area contributed by atoms with Crippen molar-refractivity contribution in [3.05, 3.63) is 24.3 Å². The summed E-state index contributed by atoms with van der Waals surface area (Å²) in [6.45, 7) is 4.32. The van der Waals surface area contributed by atoms with Gasteiger partial charge in [-0.15, -0.1) is 0 Å². The standard InChI is InChI=1S/C14H22N2O2/c1-3-11(2)10-14(18)16(8-9-17)13-7-5-4-6-12(13)15/h4-7,11,17H,3,8-10,15H2,1-2H3. The summed E-state index contributed by atoms with van der Waals surface area (Å²) < 4.78 is 0. The smallest absolute Gasteiger partial charge is 0.227 e. The molecule has 1 aromatic rings. The van der Waals surface area contributed by atoms with E-state index in [4.69, 9.17) is 10.8 Å². The van der Waals surface area contributed by atoms with Crippen molar-refractivity contribution in [1.82, 2.24) is 0 Å². The van der Waals surface area contributed by atoms with Gasteiger partial charge in [0.15, 0.2) is 0 Å². The molecule has 0 fully saturated rings. The van der Waals surface area contributed by atoms with Crippen LogP contribution in [-0.4, -0.2) is 24.2 Å². The van der Waals surface area contributed by atoms with Gasteiger partial charge < -0.3 is 15.7 Å². The number of carbonyl (C=O) groups is 1. The van der Waals surface area contributed by atoms with Gasteiger partial charge in [0.25, 0.3) is 0 Å². The van der Waals surface area contributed by atoms with E-state index in [0.717, 1.165) is 6.42 Å². The Morgan fingerprint density at radius 1 is 1.44 bits per heavy atom. The molecule has 0 saturated heterocycles. The first kappa shape index (κ1) is 14.5. The summed E-state index contributed by atoms with van der Waals surface area (Å²) in [5.41, 5.74) is 7.12. The summed E-state index contributed by atoms with van der Waals surface area (Å²) in [5.74, 6) is 0.347. The Morgan fingerprint density at radius 3 is 2.67 bits per heavy atom. The summed E-state index contributed by atoms with van der Waals surface area (Å²) in [7, 11) is 0. The molecule has 0 saturated carbocycles. The predicted molar refractivity (Wildman–Crippen MR) is 74.4 cm³/mol. The molecule has 0 spiro atoms. The van der Waals surface area contributed by atoms with Gasteiger partial charge in [-0.3, -0.25) is 4.79 Å². The first-order valence-electron chi connectivity index (χ1n) is 6.35. The molecular formula is C14H22N2O2. The van der Waals surface area contributed by atoms with Crippen LogP contribution in [-0.2, 0) is 4.79 Å². The Bertz CT molecular complexity index is 393. The second-order valence-corrected chi connectivity index (χ2v) is 4.55. The molecule has 0 bridgehead atoms. The van der Waals surface area contributed by atoms with Gasteiger partial charge in [-0.2, -0.15) is 0 Å². The molecule has 1 amide bonds. The molecule has 3 N–H and O–H groups in total. The van der Waals surface area contributed by atoms with E-state index in [1.165, 1.54) is 0 Å². The molecule has 1 rings (SSSR count). The number of para-hydroxylation sites is 2. The second kappa shape index (κ2) is 7.01. The minimum Gasteiger partial charge on any atom is -0.397 e. The highest BCUT2D eigenvalue weighted by Gasteiger charge is 2.18. The number of hydrogen-bond donors (Lipinski definition) is 2. The largest absolute Gasteiger partial charge is 0.397 e. The molecule has 18 heavy (non-hydrogen) atoms. The first-order valence-corrected chi connectivity index (χ1v) is 6.35. The van der Waals surface area contributed by atoms with Crippen molar-refractivity contribution in [2.75, 3.05) is 23.8 Å². The van der Waals surface area contributed by atoms with Crippen LogP contribution in [0, 0.1) is 5.92 Å². The molecule has 0 radical (unpaired) electrons. The van der Waals surface area contributed by atoms with Gasteiger partial charge in [0.2, 0.25) is 5.91 Å². The Morgan fingerprint density at radius 2 is 2.11 bits per heavy atom. The number of aliphatic hydroxyl groups is 1. The second-order valence-electron chi connectivity index (χ2n) is 4.55. The molecule has 1 atom stereocenters. The normalized spacial score (nSPS) is 12.2. The molecular weight excluding hydrogens is 228 g/mol.